The number of rotatable bonds is 9. The normalized spacial score (nSPS) is 11.5. The fourth-order valence-electron chi connectivity index (χ4n) is 3.32. The third-order valence-corrected chi connectivity index (χ3v) is 6.97. The topological polar surface area (TPSA) is 117 Å². The van der Waals surface area contributed by atoms with Crippen molar-refractivity contribution in [2.45, 2.75) is 25.7 Å². The Kier molecular flexibility index (Phi) is 8.44. The number of benzene rings is 3. The number of anilines is 2. The molecule has 0 atom stereocenters. The van der Waals surface area contributed by atoms with Crippen LogP contribution in [-0.4, -0.2) is 39.6 Å². The molecule has 3 aromatic rings. The van der Waals surface area contributed by atoms with E-state index in [-0.39, 0.29) is 16.5 Å². The highest BCUT2D eigenvalue weighted by Crippen LogP contribution is 2.27. The maximum absolute atomic E-state index is 13.5. The summed E-state index contributed by atoms with van der Waals surface area (Å²) in [7, 11) is -2.60. The second-order valence-corrected chi connectivity index (χ2v) is 9.88. The summed E-state index contributed by atoms with van der Waals surface area (Å²) < 4.78 is 33.2. The van der Waals surface area contributed by atoms with Gasteiger partial charge in [-0.15, -0.1) is 0 Å². The van der Waals surface area contributed by atoms with Gasteiger partial charge >= 0.3 is 0 Å². The zero-order valence-corrected chi connectivity index (χ0v) is 21.3. The van der Waals surface area contributed by atoms with E-state index in [1.165, 1.54) is 26.2 Å². The predicted molar refractivity (Wildman–Crippen MR) is 140 cm³/mol. The van der Waals surface area contributed by atoms with Gasteiger partial charge in [-0.05, 0) is 55.8 Å². The molecule has 0 heterocycles. The van der Waals surface area contributed by atoms with Crippen LogP contribution in [0.5, 0.6) is 5.75 Å². The van der Waals surface area contributed by atoms with E-state index in [0.717, 1.165) is 9.87 Å². The Balaban J connectivity index is 1.86. The number of aryl methyl sites for hydroxylation is 1. The van der Waals surface area contributed by atoms with Crippen molar-refractivity contribution in [1.82, 2.24) is 5.43 Å². The SMILES string of the molecule is COc1cccc(N(CC(=O)N/N=C(/C)c2cccc(NC(C)=O)c2)S(=O)(=O)c2ccc(C)cc2)c1. The lowest BCUT2D eigenvalue weighted by molar-refractivity contribution is -0.119. The second-order valence-electron chi connectivity index (χ2n) is 8.02. The Hall–Kier alpha value is -4.18. The smallest absolute Gasteiger partial charge is 0.264 e. The molecule has 0 aromatic heterocycles. The summed E-state index contributed by atoms with van der Waals surface area (Å²) in [6, 6.07) is 19.8. The van der Waals surface area contributed by atoms with Crippen molar-refractivity contribution in [2.24, 2.45) is 5.10 Å². The fourth-order valence-corrected chi connectivity index (χ4v) is 4.73. The quantitative estimate of drug-likeness (QED) is 0.338. The van der Waals surface area contributed by atoms with Crippen molar-refractivity contribution in [2.75, 3.05) is 23.3 Å². The number of nitrogens with one attached hydrogen (secondary N) is 2. The molecule has 0 aliphatic rings. The van der Waals surface area contributed by atoms with Crippen LogP contribution in [0.25, 0.3) is 0 Å². The van der Waals surface area contributed by atoms with Gasteiger partial charge in [-0.2, -0.15) is 5.10 Å². The molecule has 188 valence electrons. The summed E-state index contributed by atoms with van der Waals surface area (Å²) in [5, 5.41) is 6.81. The lowest BCUT2D eigenvalue weighted by Crippen LogP contribution is -2.39. The molecule has 2 amide bonds. The third kappa shape index (κ3) is 6.70. The summed E-state index contributed by atoms with van der Waals surface area (Å²) in [5.74, 6) is -0.390. The molecule has 36 heavy (non-hydrogen) atoms. The Morgan fingerprint density at radius 1 is 0.972 bits per heavy atom. The minimum absolute atomic E-state index is 0.0539. The zero-order valence-electron chi connectivity index (χ0n) is 20.5. The molecule has 0 aliphatic heterocycles. The molecule has 0 radical (unpaired) electrons. The Morgan fingerprint density at radius 3 is 2.33 bits per heavy atom. The van der Waals surface area contributed by atoms with Crippen molar-refractivity contribution in [3.8, 4) is 5.75 Å². The zero-order chi connectivity index (χ0) is 26.3. The molecule has 0 bridgehead atoms. The highest BCUT2D eigenvalue weighted by atomic mass is 32.2. The number of carbonyl (C=O) groups is 2. The molecule has 0 spiro atoms. The maximum atomic E-state index is 13.5. The van der Waals surface area contributed by atoms with Gasteiger partial charge in [-0.1, -0.05) is 35.9 Å². The molecule has 0 fully saturated rings. The van der Waals surface area contributed by atoms with E-state index >= 15 is 0 Å². The number of carbonyl (C=O) groups excluding carboxylic acids is 2. The predicted octanol–water partition coefficient (Wildman–Crippen LogP) is 3.70. The molecule has 0 aliphatic carbocycles. The van der Waals surface area contributed by atoms with E-state index in [1.807, 2.05) is 6.92 Å². The van der Waals surface area contributed by atoms with Crippen LogP contribution < -0.4 is 19.8 Å². The summed E-state index contributed by atoms with van der Waals surface area (Å²) >= 11 is 0. The van der Waals surface area contributed by atoms with Crippen LogP contribution in [0.4, 0.5) is 11.4 Å². The highest BCUT2D eigenvalue weighted by Gasteiger charge is 2.27. The molecule has 3 rings (SSSR count). The molecule has 10 heteroatoms. The standard InChI is InChI=1S/C26H28N4O5S/c1-18-11-13-25(14-12-18)36(33,34)30(23-9-6-10-24(16-23)35-4)17-26(32)29-28-19(2)21-7-5-8-22(15-21)27-20(3)31/h5-16H,17H2,1-4H3,(H,27,31)(H,29,32)/b28-19-. The van der Waals surface area contributed by atoms with E-state index in [2.05, 4.69) is 15.8 Å². The lowest BCUT2D eigenvalue weighted by atomic mass is 10.1. The molecular weight excluding hydrogens is 480 g/mol. The average molecular weight is 509 g/mol. The van der Waals surface area contributed by atoms with Gasteiger partial charge < -0.3 is 10.1 Å². The molecule has 2 N–H and O–H groups in total. The summed E-state index contributed by atoms with van der Waals surface area (Å²) in [5.41, 5.74) is 5.36. The Morgan fingerprint density at radius 2 is 1.67 bits per heavy atom. The Bertz CT molecular complexity index is 1390. The molecule has 9 nitrogen and oxygen atoms in total. The van der Waals surface area contributed by atoms with Gasteiger partial charge in [-0.25, -0.2) is 13.8 Å². The van der Waals surface area contributed by atoms with Gasteiger partial charge in [0.05, 0.1) is 23.4 Å². The monoisotopic (exact) mass is 508 g/mol. The molecular formula is C26H28N4O5S. The molecule has 0 saturated carbocycles. The average Bonchev–Trinajstić information content (AvgIpc) is 2.85. The van der Waals surface area contributed by atoms with Crippen molar-refractivity contribution in [3.05, 3.63) is 83.9 Å². The van der Waals surface area contributed by atoms with E-state index in [4.69, 9.17) is 4.74 Å². The number of amides is 2. The van der Waals surface area contributed by atoms with Crippen LogP contribution in [0.3, 0.4) is 0 Å². The van der Waals surface area contributed by atoms with Crippen LogP contribution >= 0.6 is 0 Å². The number of hydrazone groups is 1. The van der Waals surface area contributed by atoms with Gasteiger partial charge in [-0.3, -0.25) is 13.9 Å². The van der Waals surface area contributed by atoms with E-state index < -0.39 is 22.5 Å². The fraction of sp³-hybridized carbons (Fsp3) is 0.192. The number of sulfonamides is 1. The molecule has 0 unspecified atom stereocenters. The molecule has 0 saturated heterocycles. The van der Waals surface area contributed by atoms with Gasteiger partial charge in [0.1, 0.15) is 12.3 Å². The van der Waals surface area contributed by atoms with Crippen LogP contribution in [-0.2, 0) is 19.6 Å². The highest BCUT2D eigenvalue weighted by molar-refractivity contribution is 7.92. The van der Waals surface area contributed by atoms with Crippen LogP contribution in [0.1, 0.15) is 25.0 Å². The third-order valence-electron chi connectivity index (χ3n) is 5.19. The van der Waals surface area contributed by atoms with Gasteiger partial charge in [0.25, 0.3) is 15.9 Å². The number of methoxy groups -OCH3 is 1. The Labute approximate surface area is 210 Å². The summed E-state index contributed by atoms with van der Waals surface area (Å²) in [6.45, 7) is 4.45. The van der Waals surface area contributed by atoms with Crippen LogP contribution in [0.15, 0.2) is 82.8 Å². The first-order valence-electron chi connectivity index (χ1n) is 11.0. The number of ether oxygens (including phenoxy) is 1. The van der Waals surface area contributed by atoms with E-state index in [1.54, 1.807) is 67.6 Å². The minimum Gasteiger partial charge on any atom is -0.497 e. The summed E-state index contributed by atoms with van der Waals surface area (Å²) in [4.78, 5) is 24.2. The van der Waals surface area contributed by atoms with E-state index in [0.29, 0.717) is 22.7 Å². The van der Waals surface area contributed by atoms with Crippen LogP contribution in [0, 0.1) is 6.92 Å². The van der Waals surface area contributed by atoms with Crippen molar-refractivity contribution in [3.63, 3.8) is 0 Å². The van der Waals surface area contributed by atoms with Gasteiger partial charge in [0.15, 0.2) is 0 Å². The number of hydrogen-bond donors (Lipinski definition) is 2. The first kappa shape index (κ1) is 26.4. The second kappa shape index (κ2) is 11.5. The minimum atomic E-state index is -4.07. The number of nitrogens with zero attached hydrogens (tertiary/aromatic N) is 2. The number of hydrogen-bond acceptors (Lipinski definition) is 6. The van der Waals surface area contributed by atoms with Crippen LogP contribution in [0.2, 0.25) is 0 Å². The first-order valence-corrected chi connectivity index (χ1v) is 12.5. The van der Waals surface area contributed by atoms with Gasteiger partial charge in [0.2, 0.25) is 5.91 Å². The lowest BCUT2D eigenvalue weighted by Gasteiger charge is -2.24. The largest absolute Gasteiger partial charge is 0.497 e. The van der Waals surface area contributed by atoms with Crippen molar-refractivity contribution >= 4 is 38.9 Å². The van der Waals surface area contributed by atoms with Crippen molar-refractivity contribution in [1.29, 1.82) is 0 Å². The maximum Gasteiger partial charge on any atom is 0.264 e. The molecule has 3 aromatic carbocycles. The van der Waals surface area contributed by atoms with Gasteiger partial charge in [0, 0.05) is 18.7 Å². The first-order chi connectivity index (χ1) is 17.1. The summed E-state index contributed by atoms with van der Waals surface area (Å²) in [6.07, 6.45) is 0. The van der Waals surface area contributed by atoms with Crippen molar-refractivity contribution < 1.29 is 22.7 Å². The van der Waals surface area contributed by atoms with E-state index in [9.17, 15) is 18.0 Å².